The van der Waals surface area contributed by atoms with Crippen LogP contribution >= 0.6 is 0 Å². The highest BCUT2D eigenvalue weighted by Gasteiger charge is 2.39. The van der Waals surface area contributed by atoms with Crippen molar-refractivity contribution in [2.24, 2.45) is 18.9 Å². The fourth-order valence-electron chi connectivity index (χ4n) is 6.16. The average Bonchev–Trinajstić information content (AvgIpc) is 3.49. The average molecular weight is 557 g/mol. The summed E-state index contributed by atoms with van der Waals surface area (Å²) in [6, 6.07) is 6.52. The molecule has 10 nitrogen and oxygen atoms in total. The Balaban J connectivity index is 1.29. The molecule has 7 rings (SSSR count). The summed E-state index contributed by atoms with van der Waals surface area (Å²) in [5.41, 5.74) is 1.61. The summed E-state index contributed by atoms with van der Waals surface area (Å²) in [6.07, 6.45) is -2.45. The first-order valence-electron chi connectivity index (χ1n) is 13.8. The lowest BCUT2D eigenvalue weighted by Crippen LogP contribution is -2.50. The van der Waals surface area contributed by atoms with Crippen LogP contribution in [0.1, 0.15) is 24.5 Å². The lowest BCUT2D eigenvalue weighted by atomic mass is 9.81. The Labute approximate surface area is 228 Å². The summed E-state index contributed by atoms with van der Waals surface area (Å²) in [5.74, 6) is 1.58. The summed E-state index contributed by atoms with van der Waals surface area (Å²) < 4.78 is 56.5. The number of halogens is 3. The van der Waals surface area contributed by atoms with E-state index in [0.29, 0.717) is 67.2 Å². The van der Waals surface area contributed by atoms with Gasteiger partial charge in [-0.2, -0.15) is 23.1 Å². The van der Waals surface area contributed by atoms with Crippen LogP contribution in [0.2, 0.25) is 0 Å². The molecule has 212 valence electrons. The molecule has 0 unspecified atom stereocenters. The predicted molar refractivity (Wildman–Crippen MR) is 141 cm³/mol. The second-order valence-corrected chi connectivity index (χ2v) is 10.9. The molecule has 3 saturated heterocycles. The normalized spacial score (nSPS) is 20.1. The van der Waals surface area contributed by atoms with Crippen LogP contribution in [-0.4, -0.2) is 86.6 Å². The van der Waals surface area contributed by atoms with E-state index in [1.54, 1.807) is 24.3 Å². The summed E-state index contributed by atoms with van der Waals surface area (Å²) in [5, 5.41) is 0. The number of para-hydroxylation sites is 2. The Morgan fingerprint density at radius 3 is 2.38 bits per heavy atom. The number of nitrogens with zero attached hydrogens (tertiary/aromatic N) is 8. The van der Waals surface area contributed by atoms with E-state index in [2.05, 4.69) is 14.9 Å². The number of anilines is 1. The molecule has 3 fully saturated rings. The number of ether oxygens (including phenoxy) is 2. The molecule has 0 spiro atoms. The Hall–Kier alpha value is -3.29. The van der Waals surface area contributed by atoms with Crippen molar-refractivity contribution in [3.05, 3.63) is 35.9 Å². The minimum Gasteiger partial charge on any atom is -0.381 e. The van der Waals surface area contributed by atoms with Gasteiger partial charge < -0.3 is 18.9 Å². The third-order valence-corrected chi connectivity index (χ3v) is 8.39. The number of hydrogen-bond acceptors (Lipinski definition) is 8. The minimum atomic E-state index is -4.69. The fourth-order valence-corrected chi connectivity index (χ4v) is 6.16. The van der Waals surface area contributed by atoms with Gasteiger partial charge in [-0.15, -0.1) is 0 Å². The lowest BCUT2D eigenvalue weighted by Gasteiger charge is -2.44. The number of aryl methyl sites for hydroxylation is 1. The standard InChI is InChI=1S/C27H31F3N8O2/c1-35-21(16-36-14-18(15-36)17-6-10-39-11-7-17)32-22-23(35)33-26(34-24(22)37-8-12-40-13-9-37)38-20-5-3-2-4-19(20)31-25(38)27(28,29)30/h2-5,17-18H,6-16H2,1H3. The van der Waals surface area contributed by atoms with Crippen LogP contribution in [0, 0.1) is 11.8 Å². The first-order valence-corrected chi connectivity index (χ1v) is 13.8. The molecule has 0 atom stereocenters. The number of benzene rings is 1. The van der Waals surface area contributed by atoms with Crippen molar-refractivity contribution in [2.45, 2.75) is 25.6 Å². The van der Waals surface area contributed by atoms with Crippen LogP contribution in [0.4, 0.5) is 19.0 Å². The molecule has 1 aromatic carbocycles. The molecule has 4 aromatic rings. The monoisotopic (exact) mass is 556 g/mol. The van der Waals surface area contributed by atoms with Crippen molar-refractivity contribution < 1.29 is 22.6 Å². The smallest absolute Gasteiger partial charge is 0.381 e. The maximum Gasteiger partial charge on any atom is 0.450 e. The summed E-state index contributed by atoms with van der Waals surface area (Å²) in [6.45, 7) is 6.49. The Kier molecular flexibility index (Phi) is 6.39. The van der Waals surface area contributed by atoms with E-state index in [0.717, 1.165) is 49.5 Å². The number of alkyl halides is 3. The summed E-state index contributed by atoms with van der Waals surface area (Å²) >= 11 is 0. The largest absolute Gasteiger partial charge is 0.450 e. The fraction of sp³-hybridized carbons (Fsp3) is 0.556. The van der Waals surface area contributed by atoms with Crippen LogP contribution in [0.15, 0.2) is 24.3 Å². The highest BCUT2D eigenvalue weighted by Crippen LogP contribution is 2.36. The molecule has 0 radical (unpaired) electrons. The van der Waals surface area contributed by atoms with Gasteiger partial charge >= 0.3 is 6.18 Å². The van der Waals surface area contributed by atoms with Crippen molar-refractivity contribution >= 4 is 28.0 Å². The van der Waals surface area contributed by atoms with E-state index in [9.17, 15) is 13.2 Å². The minimum absolute atomic E-state index is 0.0758. The SMILES string of the molecule is Cn1c(CN2CC(C3CCOCC3)C2)nc2c(N3CCOCC3)nc(-n3c(C(F)(F)F)nc4ccccc43)nc21. The second-order valence-electron chi connectivity index (χ2n) is 10.9. The topological polar surface area (TPSA) is 86.4 Å². The van der Waals surface area contributed by atoms with E-state index in [-0.39, 0.29) is 11.5 Å². The Morgan fingerprint density at radius 2 is 1.62 bits per heavy atom. The molecule has 3 aliphatic rings. The molecule has 3 aliphatic heterocycles. The number of likely N-dealkylation sites (tertiary alicyclic amines) is 1. The molecule has 0 amide bonds. The molecule has 0 N–H and O–H groups in total. The van der Waals surface area contributed by atoms with Gasteiger partial charge in [0.1, 0.15) is 5.82 Å². The van der Waals surface area contributed by atoms with Gasteiger partial charge in [0.05, 0.1) is 30.8 Å². The highest BCUT2D eigenvalue weighted by molar-refractivity contribution is 5.86. The molecule has 0 saturated carbocycles. The number of rotatable bonds is 5. The number of fused-ring (bicyclic) bond motifs is 2. The molecular weight excluding hydrogens is 525 g/mol. The Morgan fingerprint density at radius 1 is 0.900 bits per heavy atom. The first-order chi connectivity index (χ1) is 19.4. The zero-order chi connectivity index (χ0) is 27.4. The van der Waals surface area contributed by atoms with Crippen molar-refractivity contribution in [3.8, 4) is 5.95 Å². The van der Waals surface area contributed by atoms with Gasteiger partial charge in [-0.25, -0.2) is 9.97 Å². The quantitative estimate of drug-likeness (QED) is 0.370. The maximum atomic E-state index is 14.2. The number of aromatic nitrogens is 6. The maximum absolute atomic E-state index is 14.2. The molecule has 6 heterocycles. The van der Waals surface area contributed by atoms with Gasteiger partial charge in [0, 0.05) is 46.4 Å². The number of imidazole rings is 2. The lowest BCUT2D eigenvalue weighted by molar-refractivity contribution is -0.145. The Bertz CT molecular complexity index is 1530. The zero-order valence-electron chi connectivity index (χ0n) is 22.3. The molecule has 0 bridgehead atoms. The van der Waals surface area contributed by atoms with Crippen molar-refractivity contribution in [2.75, 3.05) is 57.5 Å². The molecule has 40 heavy (non-hydrogen) atoms. The van der Waals surface area contributed by atoms with E-state index >= 15 is 0 Å². The van der Waals surface area contributed by atoms with Crippen LogP contribution in [0.3, 0.4) is 0 Å². The third kappa shape index (κ3) is 4.49. The number of hydrogen-bond donors (Lipinski definition) is 0. The van der Waals surface area contributed by atoms with Gasteiger partial charge in [-0.1, -0.05) is 12.1 Å². The zero-order valence-corrected chi connectivity index (χ0v) is 22.3. The first kappa shape index (κ1) is 25.7. The van der Waals surface area contributed by atoms with Crippen LogP contribution in [0.5, 0.6) is 0 Å². The van der Waals surface area contributed by atoms with Crippen molar-refractivity contribution in [3.63, 3.8) is 0 Å². The summed E-state index contributed by atoms with van der Waals surface area (Å²) in [7, 11) is 1.87. The summed E-state index contributed by atoms with van der Waals surface area (Å²) in [4.78, 5) is 22.6. The molecule has 3 aromatic heterocycles. The molecular formula is C27H31F3N8O2. The van der Waals surface area contributed by atoms with Gasteiger partial charge in [-0.05, 0) is 36.8 Å². The molecule has 0 aliphatic carbocycles. The van der Waals surface area contributed by atoms with Gasteiger partial charge in [-0.3, -0.25) is 9.47 Å². The van der Waals surface area contributed by atoms with Gasteiger partial charge in [0.15, 0.2) is 17.0 Å². The molecule has 13 heteroatoms. The highest BCUT2D eigenvalue weighted by atomic mass is 19.4. The second kappa shape index (κ2) is 9.96. The van der Waals surface area contributed by atoms with Gasteiger partial charge in [0.2, 0.25) is 11.8 Å². The van der Waals surface area contributed by atoms with E-state index in [1.165, 1.54) is 0 Å². The van der Waals surface area contributed by atoms with E-state index in [1.807, 2.05) is 16.5 Å². The van der Waals surface area contributed by atoms with Gasteiger partial charge in [0.25, 0.3) is 0 Å². The van der Waals surface area contributed by atoms with Crippen LogP contribution < -0.4 is 4.90 Å². The predicted octanol–water partition coefficient (Wildman–Crippen LogP) is 3.42. The van der Waals surface area contributed by atoms with E-state index < -0.39 is 12.0 Å². The van der Waals surface area contributed by atoms with Crippen molar-refractivity contribution in [1.82, 2.24) is 34.0 Å². The third-order valence-electron chi connectivity index (χ3n) is 8.39. The number of morpholine rings is 1. The van der Waals surface area contributed by atoms with Crippen LogP contribution in [-0.2, 0) is 29.2 Å². The van der Waals surface area contributed by atoms with Crippen LogP contribution in [0.25, 0.3) is 28.1 Å². The van der Waals surface area contributed by atoms with E-state index in [4.69, 9.17) is 19.4 Å². The van der Waals surface area contributed by atoms with Crippen molar-refractivity contribution in [1.29, 1.82) is 0 Å².